The fraction of sp³-hybridized carbons (Fsp3) is 1.00. The summed E-state index contributed by atoms with van der Waals surface area (Å²) in [6.45, 7) is 11.3. The number of hydrogen-bond donors (Lipinski definition) is 1. The summed E-state index contributed by atoms with van der Waals surface area (Å²) in [4.78, 5) is 5.54. The molecule has 2 aliphatic heterocycles. The second-order valence-corrected chi connectivity index (χ2v) is 7.17. The molecule has 0 aromatic carbocycles. The molecular weight excluding hydrogens is 234 g/mol. The summed E-state index contributed by atoms with van der Waals surface area (Å²) in [6.07, 6.45) is 7.02. The molecule has 3 nitrogen and oxygen atoms in total. The minimum Gasteiger partial charge on any atom is -0.312 e. The van der Waals surface area contributed by atoms with Gasteiger partial charge in [0.2, 0.25) is 0 Å². The Balaban J connectivity index is 1.59. The van der Waals surface area contributed by atoms with Gasteiger partial charge in [0.15, 0.2) is 0 Å². The van der Waals surface area contributed by atoms with Crippen molar-refractivity contribution in [3.8, 4) is 0 Å². The molecule has 2 heterocycles. The van der Waals surface area contributed by atoms with E-state index in [4.69, 9.17) is 0 Å². The lowest BCUT2D eigenvalue weighted by molar-refractivity contribution is 0.137. The van der Waals surface area contributed by atoms with Gasteiger partial charge in [0.1, 0.15) is 0 Å². The fourth-order valence-electron chi connectivity index (χ4n) is 3.90. The van der Waals surface area contributed by atoms with Gasteiger partial charge in [-0.2, -0.15) is 0 Å². The fourth-order valence-corrected chi connectivity index (χ4v) is 3.90. The summed E-state index contributed by atoms with van der Waals surface area (Å²) >= 11 is 0. The smallest absolute Gasteiger partial charge is 0.0244 e. The Hall–Kier alpha value is -0.120. The third-order valence-corrected chi connectivity index (χ3v) is 5.27. The van der Waals surface area contributed by atoms with E-state index in [9.17, 15) is 0 Å². The number of fused-ring (bicyclic) bond motifs is 1. The van der Waals surface area contributed by atoms with Crippen LogP contribution in [0.4, 0.5) is 0 Å². The van der Waals surface area contributed by atoms with Crippen LogP contribution < -0.4 is 5.32 Å². The maximum atomic E-state index is 3.76. The van der Waals surface area contributed by atoms with Gasteiger partial charge in [0, 0.05) is 31.2 Å². The van der Waals surface area contributed by atoms with Crippen LogP contribution in [-0.2, 0) is 0 Å². The maximum absolute atomic E-state index is 3.76. The molecule has 3 fully saturated rings. The van der Waals surface area contributed by atoms with Gasteiger partial charge in [0.25, 0.3) is 0 Å². The van der Waals surface area contributed by atoms with Crippen molar-refractivity contribution < 1.29 is 0 Å². The molecule has 19 heavy (non-hydrogen) atoms. The zero-order valence-electron chi connectivity index (χ0n) is 12.8. The molecule has 110 valence electrons. The van der Waals surface area contributed by atoms with Crippen LogP contribution in [0.3, 0.4) is 0 Å². The first-order valence-electron chi connectivity index (χ1n) is 8.45. The first kappa shape index (κ1) is 13.8. The average Bonchev–Trinajstić information content (AvgIpc) is 3.14. The summed E-state index contributed by atoms with van der Waals surface area (Å²) in [5.41, 5.74) is 0. The van der Waals surface area contributed by atoms with E-state index >= 15 is 0 Å². The number of nitrogens with one attached hydrogen (secondary N) is 1. The van der Waals surface area contributed by atoms with Gasteiger partial charge in [-0.05, 0) is 57.7 Å². The molecule has 2 unspecified atom stereocenters. The highest BCUT2D eigenvalue weighted by atomic mass is 15.3. The van der Waals surface area contributed by atoms with Gasteiger partial charge in [-0.25, -0.2) is 0 Å². The molecule has 3 rings (SSSR count). The van der Waals surface area contributed by atoms with Crippen LogP contribution in [-0.4, -0.2) is 60.6 Å². The van der Waals surface area contributed by atoms with Crippen LogP contribution in [0.5, 0.6) is 0 Å². The predicted octanol–water partition coefficient (Wildman–Crippen LogP) is 1.93. The van der Waals surface area contributed by atoms with E-state index in [1.165, 1.54) is 64.8 Å². The summed E-state index contributed by atoms with van der Waals surface area (Å²) in [6, 6.07) is 2.43. The van der Waals surface area contributed by atoms with Gasteiger partial charge in [0.05, 0.1) is 0 Å². The van der Waals surface area contributed by atoms with Crippen molar-refractivity contribution in [3.63, 3.8) is 0 Å². The zero-order valence-corrected chi connectivity index (χ0v) is 12.8. The third kappa shape index (κ3) is 3.50. The van der Waals surface area contributed by atoms with Crippen molar-refractivity contribution in [1.29, 1.82) is 0 Å². The molecule has 0 aromatic rings. The molecule has 1 saturated carbocycles. The third-order valence-electron chi connectivity index (χ3n) is 5.27. The van der Waals surface area contributed by atoms with Gasteiger partial charge in [-0.1, -0.05) is 13.8 Å². The van der Waals surface area contributed by atoms with Crippen LogP contribution in [0.2, 0.25) is 0 Å². The Labute approximate surface area is 118 Å². The van der Waals surface area contributed by atoms with E-state index < -0.39 is 0 Å². The number of rotatable bonds is 5. The van der Waals surface area contributed by atoms with Crippen molar-refractivity contribution >= 4 is 0 Å². The molecule has 0 radical (unpaired) electrons. The van der Waals surface area contributed by atoms with E-state index in [2.05, 4.69) is 29.0 Å². The second-order valence-electron chi connectivity index (χ2n) is 7.17. The molecule has 0 bridgehead atoms. The minimum absolute atomic E-state index is 0.737. The molecule has 3 aliphatic rings. The van der Waals surface area contributed by atoms with Crippen LogP contribution >= 0.6 is 0 Å². The first-order valence-corrected chi connectivity index (χ1v) is 8.45. The van der Waals surface area contributed by atoms with Gasteiger partial charge in [-0.15, -0.1) is 0 Å². The zero-order chi connectivity index (χ0) is 13.2. The van der Waals surface area contributed by atoms with Crippen molar-refractivity contribution in [1.82, 2.24) is 15.1 Å². The van der Waals surface area contributed by atoms with Crippen LogP contribution in [0.1, 0.15) is 46.0 Å². The van der Waals surface area contributed by atoms with Gasteiger partial charge < -0.3 is 5.32 Å². The Morgan fingerprint density at radius 1 is 1.05 bits per heavy atom. The second kappa shape index (κ2) is 6.11. The molecule has 0 spiro atoms. The van der Waals surface area contributed by atoms with Crippen LogP contribution in [0.25, 0.3) is 0 Å². The summed E-state index contributed by atoms with van der Waals surface area (Å²) in [5.74, 6) is 0.763. The van der Waals surface area contributed by atoms with E-state index in [1.54, 1.807) is 0 Å². The quantitative estimate of drug-likeness (QED) is 0.819. The van der Waals surface area contributed by atoms with E-state index in [1.807, 2.05) is 0 Å². The molecule has 0 aromatic heterocycles. The molecule has 2 saturated heterocycles. The lowest BCUT2D eigenvalue weighted by Crippen LogP contribution is -2.49. The van der Waals surface area contributed by atoms with Crippen molar-refractivity contribution in [2.75, 3.05) is 32.7 Å². The molecule has 1 aliphatic carbocycles. The normalized spacial score (nSPS) is 31.4. The topological polar surface area (TPSA) is 18.5 Å². The highest BCUT2D eigenvalue weighted by Gasteiger charge is 2.33. The van der Waals surface area contributed by atoms with Crippen molar-refractivity contribution in [2.24, 2.45) is 5.92 Å². The Morgan fingerprint density at radius 2 is 1.84 bits per heavy atom. The molecule has 1 N–H and O–H groups in total. The monoisotopic (exact) mass is 265 g/mol. The predicted molar refractivity (Wildman–Crippen MR) is 80.4 cm³/mol. The van der Waals surface area contributed by atoms with E-state index in [0.717, 1.165) is 24.0 Å². The van der Waals surface area contributed by atoms with E-state index in [-0.39, 0.29) is 0 Å². The lowest BCUT2D eigenvalue weighted by atomic mass is 10.0. The molecular formula is C16H31N3. The van der Waals surface area contributed by atoms with Crippen molar-refractivity contribution in [3.05, 3.63) is 0 Å². The van der Waals surface area contributed by atoms with Gasteiger partial charge in [-0.3, -0.25) is 9.80 Å². The van der Waals surface area contributed by atoms with Crippen LogP contribution in [0, 0.1) is 5.92 Å². The SMILES string of the molecule is CC(C)C(CNC1CC1)N1CCCN2CCCC2C1. The highest BCUT2D eigenvalue weighted by Crippen LogP contribution is 2.25. The molecule has 0 amide bonds. The number of hydrogen-bond acceptors (Lipinski definition) is 3. The summed E-state index contributed by atoms with van der Waals surface area (Å²) in [5, 5.41) is 3.76. The largest absolute Gasteiger partial charge is 0.312 e. The Bertz CT molecular complexity index is 288. The lowest BCUT2D eigenvalue weighted by Gasteiger charge is -2.35. The highest BCUT2D eigenvalue weighted by molar-refractivity contribution is 4.90. The van der Waals surface area contributed by atoms with Crippen LogP contribution in [0.15, 0.2) is 0 Å². The summed E-state index contributed by atoms with van der Waals surface area (Å²) in [7, 11) is 0. The maximum Gasteiger partial charge on any atom is 0.0244 e. The first-order chi connectivity index (χ1) is 9.24. The van der Waals surface area contributed by atoms with E-state index in [0.29, 0.717) is 0 Å². The standard InChI is InChI=1S/C16H31N3/c1-13(2)16(11-17-14-6-7-14)19-10-4-9-18-8-3-5-15(18)12-19/h13-17H,3-12H2,1-2H3. The van der Waals surface area contributed by atoms with Crippen molar-refractivity contribution in [2.45, 2.75) is 64.1 Å². The number of nitrogens with zero attached hydrogens (tertiary/aromatic N) is 2. The molecule has 3 heteroatoms. The minimum atomic E-state index is 0.737. The average molecular weight is 265 g/mol. The van der Waals surface area contributed by atoms with Gasteiger partial charge >= 0.3 is 0 Å². The Morgan fingerprint density at radius 3 is 2.58 bits per heavy atom. The summed E-state index contributed by atoms with van der Waals surface area (Å²) < 4.78 is 0. The Kier molecular flexibility index (Phi) is 4.45. The molecule has 2 atom stereocenters.